The Kier molecular flexibility index (Phi) is 4.45. The fourth-order valence-electron chi connectivity index (χ4n) is 2.47. The number of rotatable bonds is 4. The highest BCUT2D eigenvalue weighted by Gasteiger charge is 2.18. The summed E-state index contributed by atoms with van der Waals surface area (Å²) in [6.45, 7) is 5.78. The molecule has 0 spiro atoms. The molecule has 0 aromatic carbocycles. The van der Waals surface area contributed by atoms with E-state index >= 15 is 0 Å². The van der Waals surface area contributed by atoms with Gasteiger partial charge in [0.15, 0.2) is 5.96 Å². The fourth-order valence-corrected chi connectivity index (χ4v) is 2.47. The Morgan fingerprint density at radius 3 is 2.89 bits per heavy atom. The van der Waals surface area contributed by atoms with Crippen LogP contribution in [0.2, 0.25) is 0 Å². The molecule has 0 bridgehead atoms. The van der Waals surface area contributed by atoms with Crippen LogP contribution in [0, 0.1) is 5.92 Å². The normalized spacial score (nSPS) is 15.7. The van der Waals surface area contributed by atoms with Crippen molar-refractivity contribution in [3.63, 3.8) is 0 Å². The van der Waals surface area contributed by atoms with E-state index in [0.29, 0.717) is 18.4 Å². The van der Waals surface area contributed by atoms with Gasteiger partial charge in [-0.2, -0.15) is 5.10 Å². The Morgan fingerprint density at radius 2 is 2.16 bits per heavy atom. The molecular formula is C14H25N5. The number of nitrogens with zero attached hydrogens (tertiary/aromatic N) is 3. The summed E-state index contributed by atoms with van der Waals surface area (Å²) in [7, 11) is 2.00. The number of nitrogens with one attached hydrogen (secondary N) is 1. The van der Waals surface area contributed by atoms with Gasteiger partial charge in [0, 0.05) is 13.6 Å². The molecule has 1 aliphatic carbocycles. The van der Waals surface area contributed by atoms with Crippen LogP contribution in [0.25, 0.3) is 0 Å². The van der Waals surface area contributed by atoms with E-state index < -0.39 is 0 Å². The predicted octanol–water partition coefficient (Wildman–Crippen LogP) is 1.36. The number of nitrogens with two attached hydrogens (primary N) is 1. The van der Waals surface area contributed by atoms with E-state index in [9.17, 15) is 0 Å². The first-order chi connectivity index (χ1) is 9.08. The van der Waals surface area contributed by atoms with Crippen molar-refractivity contribution in [2.45, 2.75) is 46.1 Å². The molecule has 0 atom stereocenters. The average Bonchev–Trinajstić information content (AvgIpc) is 2.69. The van der Waals surface area contributed by atoms with Crippen molar-refractivity contribution in [2.75, 3.05) is 6.54 Å². The molecule has 0 unspecified atom stereocenters. The lowest BCUT2D eigenvalue weighted by Crippen LogP contribution is -2.34. The number of hydrogen-bond donors (Lipinski definition) is 2. The zero-order chi connectivity index (χ0) is 13.8. The highest BCUT2D eigenvalue weighted by atomic mass is 15.3. The largest absolute Gasteiger partial charge is 0.370 e. The maximum absolute atomic E-state index is 5.87. The van der Waals surface area contributed by atoms with E-state index in [2.05, 4.69) is 29.3 Å². The van der Waals surface area contributed by atoms with E-state index in [1.165, 1.54) is 29.8 Å². The molecule has 19 heavy (non-hydrogen) atoms. The zero-order valence-corrected chi connectivity index (χ0v) is 12.2. The second kappa shape index (κ2) is 6.08. The Morgan fingerprint density at radius 1 is 1.42 bits per heavy atom. The number of aromatic nitrogens is 2. The van der Waals surface area contributed by atoms with Gasteiger partial charge in [-0.05, 0) is 37.2 Å². The van der Waals surface area contributed by atoms with Crippen molar-refractivity contribution >= 4 is 5.96 Å². The van der Waals surface area contributed by atoms with Gasteiger partial charge in [0.1, 0.15) is 0 Å². The second-order valence-corrected chi connectivity index (χ2v) is 5.68. The third-order valence-electron chi connectivity index (χ3n) is 3.54. The first-order valence-electron chi connectivity index (χ1n) is 7.15. The molecule has 2 rings (SSSR count). The summed E-state index contributed by atoms with van der Waals surface area (Å²) in [5, 5.41) is 7.73. The third kappa shape index (κ3) is 3.49. The van der Waals surface area contributed by atoms with Gasteiger partial charge in [-0.3, -0.25) is 4.68 Å². The van der Waals surface area contributed by atoms with Crippen molar-refractivity contribution in [1.82, 2.24) is 15.1 Å². The molecule has 3 N–H and O–H groups in total. The maximum Gasteiger partial charge on any atom is 0.188 e. The van der Waals surface area contributed by atoms with Gasteiger partial charge in [0.25, 0.3) is 0 Å². The minimum Gasteiger partial charge on any atom is -0.370 e. The minimum atomic E-state index is 0.527. The molecule has 1 aliphatic rings. The lowest BCUT2D eigenvalue weighted by Gasteiger charge is -2.11. The summed E-state index contributed by atoms with van der Waals surface area (Å²) in [6, 6.07) is 0. The van der Waals surface area contributed by atoms with Gasteiger partial charge in [-0.1, -0.05) is 13.8 Å². The Labute approximate surface area is 115 Å². The average molecular weight is 263 g/mol. The number of hydrogen-bond acceptors (Lipinski definition) is 2. The van der Waals surface area contributed by atoms with Crippen molar-refractivity contribution in [3.05, 3.63) is 17.0 Å². The molecule has 0 saturated heterocycles. The Hall–Kier alpha value is -1.52. The predicted molar refractivity (Wildman–Crippen MR) is 78.0 cm³/mol. The van der Waals surface area contributed by atoms with E-state index in [4.69, 9.17) is 5.73 Å². The monoisotopic (exact) mass is 263 g/mol. The third-order valence-corrected chi connectivity index (χ3v) is 3.54. The van der Waals surface area contributed by atoms with Gasteiger partial charge in [-0.25, -0.2) is 4.99 Å². The fraction of sp³-hybridized carbons (Fsp3) is 0.714. The molecule has 0 saturated carbocycles. The SMILES string of the molecule is CC(C)CNC(N)=NCc1c2c(nn1C)CCCC2. The summed E-state index contributed by atoms with van der Waals surface area (Å²) >= 11 is 0. The smallest absolute Gasteiger partial charge is 0.188 e. The standard InChI is InChI=1S/C14H25N5/c1-10(2)8-16-14(15)17-9-13-11-6-4-5-7-12(11)18-19(13)3/h10H,4-9H2,1-3H3,(H3,15,16,17). The molecule has 106 valence electrons. The number of guanidine groups is 1. The lowest BCUT2D eigenvalue weighted by atomic mass is 9.96. The van der Waals surface area contributed by atoms with Crippen molar-refractivity contribution in [1.29, 1.82) is 0 Å². The molecular weight excluding hydrogens is 238 g/mol. The number of aryl methyl sites for hydroxylation is 2. The van der Waals surface area contributed by atoms with Gasteiger partial charge in [0.05, 0.1) is 17.9 Å². The van der Waals surface area contributed by atoms with Crippen LogP contribution in [0.4, 0.5) is 0 Å². The second-order valence-electron chi connectivity index (χ2n) is 5.68. The minimum absolute atomic E-state index is 0.527. The summed E-state index contributed by atoms with van der Waals surface area (Å²) in [5.74, 6) is 1.10. The van der Waals surface area contributed by atoms with Crippen molar-refractivity contribution in [2.24, 2.45) is 23.7 Å². The highest BCUT2D eigenvalue weighted by molar-refractivity contribution is 5.77. The van der Waals surface area contributed by atoms with E-state index in [-0.39, 0.29) is 0 Å². The summed E-state index contributed by atoms with van der Waals surface area (Å²) in [4.78, 5) is 4.43. The topological polar surface area (TPSA) is 68.2 Å². The molecule has 1 aromatic rings. The molecule has 0 fully saturated rings. The van der Waals surface area contributed by atoms with Crippen LogP contribution in [-0.4, -0.2) is 22.3 Å². The summed E-state index contributed by atoms with van der Waals surface area (Å²) in [6.07, 6.45) is 4.75. The van der Waals surface area contributed by atoms with Crippen LogP contribution in [0.3, 0.4) is 0 Å². The number of fused-ring (bicyclic) bond motifs is 1. The first kappa shape index (κ1) is 13.9. The lowest BCUT2D eigenvalue weighted by molar-refractivity contribution is 0.621. The summed E-state index contributed by atoms with van der Waals surface area (Å²) < 4.78 is 1.97. The molecule has 0 radical (unpaired) electrons. The Bertz CT molecular complexity index is 459. The Balaban J connectivity index is 2.03. The molecule has 5 heteroatoms. The maximum atomic E-state index is 5.87. The van der Waals surface area contributed by atoms with E-state index in [1.807, 2.05) is 11.7 Å². The van der Waals surface area contributed by atoms with Crippen LogP contribution in [0.5, 0.6) is 0 Å². The molecule has 0 aliphatic heterocycles. The van der Waals surface area contributed by atoms with Crippen molar-refractivity contribution in [3.8, 4) is 0 Å². The van der Waals surface area contributed by atoms with Crippen LogP contribution < -0.4 is 11.1 Å². The van der Waals surface area contributed by atoms with Crippen LogP contribution in [0.1, 0.15) is 43.6 Å². The van der Waals surface area contributed by atoms with E-state index in [0.717, 1.165) is 19.4 Å². The van der Waals surface area contributed by atoms with Gasteiger partial charge in [-0.15, -0.1) is 0 Å². The quantitative estimate of drug-likeness (QED) is 0.636. The number of aliphatic imine (C=N–C) groups is 1. The van der Waals surface area contributed by atoms with Crippen LogP contribution >= 0.6 is 0 Å². The molecule has 1 aromatic heterocycles. The zero-order valence-electron chi connectivity index (χ0n) is 12.2. The molecule has 5 nitrogen and oxygen atoms in total. The van der Waals surface area contributed by atoms with Gasteiger partial charge in [0.2, 0.25) is 0 Å². The van der Waals surface area contributed by atoms with Crippen molar-refractivity contribution < 1.29 is 0 Å². The molecule has 1 heterocycles. The van der Waals surface area contributed by atoms with Gasteiger partial charge >= 0.3 is 0 Å². The highest BCUT2D eigenvalue weighted by Crippen LogP contribution is 2.23. The van der Waals surface area contributed by atoms with Gasteiger partial charge < -0.3 is 11.1 Å². The molecule has 0 amide bonds. The first-order valence-corrected chi connectivity index (χ1v) is 7.15. The summed E-state index contributed by atoms with van der Waals surface area (Å²) in [5.41, 5.74) is 9.74. The van der Waals surface area contributed by atoms with Crippen LogP contribution in [0.15, 0.2) is 4.99 Å². The van der Waals surface area contributed by atoms with E-state index in [1.54, 1.807) is 0 Å². The van der Waals surface area contributed by atoms with Crippen LogP contribution in [-0.2, 0) is 26.4 Å².